The normalized spacial score (nSPS) is 18.2. The zero-order chi connectivity index (χ0) is 14.7. The molecular weight excluding hydrogens is 282 g/mol. The smallest absolute Gasteiger partial charge is 0.325 e. The molecule has 0 N–H and O–H groups in total. The molecule has 1 amide bonds. The van der Waals surface area contributed by atoms with Crippen LogP contribution in [0.1, 0.15) is 16.8 Å². The summed E-state index contributed by atoms with van der Waals surface area (Å²) in [5, 5.41) is 0.552. The first kappa shape index (κ1) is 14.5. The minimum atomic E-state index is -0.488. The molecule has 1 saturated heterocycles. The number of benzene rings is 1. The topological polar surface area (TPSA) is 63.7 Å². The fourth-order valence-corrected chi connectivity index (χ4v) is 2.30. The predicted molar refractivity (Wildman–Crippen MR) is 72.5 cm³/mol. The molecule has 0 aliphatic carbocycles. The van der Waals surface area contributed by atoms with Gasteiger partial charge in [-0.1, -0.05) is 11.6 Å². The van der Waals surface area contributed by atoms with Gasteiger partial charge in [0.05, 0.1) is 7.11 Å². The van der Waals surface area contributed by atoms with Gasteiger partial charge in [0.15, 0.2) is 5.78 Å². The third kappa shape index (κ3) is 3.17. The first-order valence-electron chi connectivity index (χ1n) is 6.15. The highest BCUT2D eigenvalue weighted by atomic mass is 35.5. The Morgan fingerprint density at radius 1 is 1.35 bits per heavy atom. The number of esters is 1. The predicted octanol–water partition coefficient (Wildman–Crippen LogP) is 1.54. The second-order valence-electron chi connectivity index (χ2n) is 4.62. The van der Waals surface area contributed by atoms with Crippen LogP contribution in [0.4, 0.5) is 0 Å². The molecule has 1 fully saturated rings. The van der Waals surface area contributed by atoms with E-state index in [-0.39, 0.29) is 31.2 Å². The Balaban J connectivity index is 2.04. The van der Waals surface area contributed by atoms with Gasteiger partial charge in [-0.3, -0.25) is 14.4 Å². The number of rotatable bonds is 4. The van der Waals surface area contributed by atoms with Crippen LogP contribution in [-0.4, -0.2) is 42.8 Å². The van der Waals surface area contributed by atoms with E-state index in [1.807, 2.05) is 0 Å². The van der Waals surface area contributed by atoms with Gasteiger partial charge in [0.1, 0.15) is 6.54 Å². The number of hydrogen-bond donors (Lipinski definition) is 0. The van der Waals surface area contributed by atoms with Crippen molar-refractivity contribution >= 4 is 29.3 Å². The second kappa shape index (κ2) is 6.05. The van der Waals surface area contributed by atoms with Crippen molar-refractivity contribution in [2.45, 2.75) is 6.42 Å². The largest absolute Gasteiger partial charge is 0.468 e. The highest BCUT2D eigenvalue weighted by Crippen LogP contribution is 2.22. The number of carbonyl (C=O) groups excluding carboxylic acids is 3. The van der Waals surface area contributed by atoms with Gasteiger partial charge in [-0.2, -0.15) is 0 Å². The number of likely N-dealkylation sites (tertiary alicyclic amines) is 1. The first-order valence-corrected chi connectivity index (χ1v) is 6.53. The quantitative estimate of drug-likeness (QED) is 0.624. The molecule has 0 radical (unpaired) electrons. The molecule has 1 aromatic rings. The van der Waals surface area contributed by atoms with Crippen molar-refractivity contribution in [1.29, 1.82) is 0 Å². The molecule has 1 atom stereocenters. The zero-order valence-corrected chi connectivity index (χ0v) is 11.7. The van der Waals surface area contributed by atoms with E-state index in [9.17, 15) is 14.4 Å². The molecule has 0 bridgehead atoms. The van der Waals surface area contributed by atoms with Gasteiger partial charge in [-0.25, -0.2) is 0 Å². The van der Waals surface area contributed by atoms with Gasteiger partial charge in [0, 0.05) is 29.5 Å². The fourth-order valence-electron chi connectivity index (χ4n) is 2.17. The molecule has 0 aromatic heterocycles. The Morgan fingerprint density at radius 2 is 2.00 bits per heavy atom. The monoisotopic (exact) mass is 295 g/mol. The number of methoxy groups -OCH3 is 1. The van der Waals surface area contributed by atoms with Crippen LogP contribution in [0.3, 0.4) is 0 Å². The van der Waals surface area contributed by atoms with Crippen LogP contribution in [0.2, 0.25) is 5.02 Å². The standard InChI is InChI=1S/C14H14ClNO4/c1-20-13(18)8-16-7-10(6-12(16)17)14(19)9-2-4-11(15)5-3-9/h2-5,10H,6-8H2,1H3. The van der Waals surface area contributed by atoms with Gasteiger partial charge in [-0.05, 0) is 24.3 Å². The molecule has 6 heteroatoms. The number of carbonyl (C=O) groups is 3. The number of nitrogens with zero attached hydrogens (tertiary/aromatic N) is 1. The summed E-state index contributed by atoms with van der Waals surface area (Å²) >= 11 is 5.77. The summed E-state index contributed by atoms with van der Waals surface area (Å²) in [6, 6.07) is 6.55. The third-order valence-electron chi connectivity index (χ3n) is 3.26. The Kier molecular flexibility index (Phi) is 4.39. The lowest BCUT2D eigenvalue weighted by Crippen LogP contribution is -2.32. The van der Waals surface area contributed by atoms with Gasteiger partial charge < -0.3 is 9.64 Å². The van der Waals surface area contributed by atoms with Gasteiger partial charge in [0.2, 0.25) is 5.91 Å². The van der Waals surface area contributed by atoms with Gasteiger partial charge in [-0.15, -0.1) is 0 Å². The molecule has 0 saturated carbocycles. The molecule has 1 unspecified atom stereocenters. The number of Topliss-reactive ketones (excluding diaryl/α,β-unsaturated/α-hetero) is 1. The second-order valence-corrected chi connectivity index (χ2v) is 5.06. The number of ketones is 1. The Hall–Kier alpha value is -1.88. The lowest BCUT2D eigenvalue weighted by Gasteiger charge is -2.14. The van der Waals surface area contributed by atoms with E-state index in [4.69, 9.17) is 11.6 Å². The van der Waals surface area contributed by atoms with Crippen LogP contribution >= 0.6 is 11.6 Å². The van der Waals surface area contributed by atoms with Gasteiger partial charge >= 0.3 is 5.97 Å². The number of hydrogen-bond acceptors (Lipinski definition) is 4. The molecule has 1 heterocycles. The summed E-state index contributed by atoms with van der Waals surface area (Å²) < 4.78 is 4.52. The molecule has 20 heavy (non-hydrogen) atoms. The van der Waals surface area contributed by atoms with Crippen LogP contribution in [0.25, 0.3) is 0 Å². The molecule has 1 aromatic carbocycles. The summed E-state index contributed by atoms with van der Waals surface area (Å²) in [6.07, 6.45) is 0.123. The van der Waals surface area contributed by atoms with E-state index in [1.165, 1.54) is 12.0 Å². The van der Waals surface area contributed by atoms with Crippen molar-refractivity contribution in [2.75, 3.05) is 20.2 Å². The van der Waals surface area contributed by atoms with Crippen molar-refractivity contribution < 1.29 is 19.1 Å². The van der Waals surface area contributed by atoms with Crippen LogP contribution in [0.5, 0.6) is 0 Å². The van der Waals surface area contributed by atoms with E-state index in [0.717, 1.165) is 0 Å². The molecule has 5 nitrogen and oxygen atoms in total. The van der Waals surface area contributed by atoms with Crippen LogP contribution in [-0.2, 0) is 14.3 Å². The van der Waals surface area contributed by atoms with E-state index in [0.29, 0.717) is 10.6 Å². The average molecular weight is 296 g/mol. The summed E-state index contributed by atoms with van der Waals surface area (Å²) in [5.41, 5.74) is 0.520. The lowest BCUT2D eigenvalue weighted by molar-refractivity contribution is -0.145. The number of amides is 1. The Morgan fingerprint density at radius 3 is 2.60 bits per heavy atom. The van der Waals surface area contributed by atoms with Crippen molar-refractivity contribution in [3.8, 4) is 0 Å². The van der Waals surface area contributed by atoms with Crippen molar-refractivity contribution in [1.82, 2.24) is 4.90 Å². The fraction of sp³-hybridized carbons (Fsp3) is 0.357. The van der Waals surface area contributed by atoms with Crippen molar-refractivity contribution in [3.63, 3.8) is 0 Å². The minimum Gasteiger partial charge on any atom is -0.468 e. The summed E-state index contributed by atoms with van der Waals surface area (Å²) in [4.78, 5) is 36.6. The van der Waals surface area contributed by atoms with Crippen LogP contribution in [0, 0.1) is 5.92 Å². The van der Waals surface area contributed by atoms with E-state index >= 15 is 0 Å². The van der Waals surface area contributed by atoms with E-state index in [2.05, 4.69) is 4.74 Å². The molecule has 106 valence electrons. The maximum absolute atomic E-state index is 12.3. The molecule has 0 spiro atoms. The van der Waals surface area contributed by atoms with Crippen molar-refractivity contribution in [3.05, 3.63) is 34.9 Å². The molecular formula is C14H14ClNO4. The van der Waals surface area contributed by atoms with Crippen LogP contribution < -0.4 is 0 Å². The lowest BCUT2D eigenvalue weighted by atomic mass is 9.97. The maximum atomic E-state index is 12.3. The Bertz CT molecular complexity index is 541. The number of halogens is 1. The van der Waals surface area contributed by atoms with Crippen LogP contribution in [0.15, 0.2) is 24.3 Å². The summed E-state index contributed by atoms with van der Waals surface area (Å²) in [5.74, 6) is -1.23. The van der Waals surface area contributed by atoms with E-state index < -0.39 is 11.9 Å². The van der Waals surface area contributed by atoms with E-state index in [1.54, 1.807) is 24.3 Å². The Labute approximate surface area is 121 Å². The molecule has 1 aliphatic rings. The zero-order valence-electron chi connectivity index (χ0n) is 11.0. The highest BCUT2D eigenvalue weighted by molar-refractivity contribution is 6.30. The average Bonchev–Trinajstić information content (AvgIpc) is 2.80. The molecule has 1 aliphatic heterocycles. The summed E-state index contributed by atoms with van der Waals surface area (Å²) in [6.45, 7) is 0.134. The molecule has 2 rings (SSSR count). The van der Waals surface area contributed by atoms with Crippen molar-refractivity contribution in [2.24, 2.45) is 5.92 Å². The SMILES string of the molecule is COC(=O)CN1CC(C(=O)c2ccc(Cl)cc2)CC1=O. The highest BCUT2D eigenvalue weighted by Gasteiger charge is 2.35. The van der Waals surface area contributed by atoms with Gasteiger partial charge in [0.25, 0.3) is 0 Å². The minimum absolute atomic E-state index is 0.109. The number of ether oxygens (including phenoxy) is 1. The third-order valence-corrected chi connectivity index (χ3v) is 3.51. The summed E-state index contributed by atoms with van der Waals surface area (Å²) in [7, 11) is 1.26. The first-order chi connectivity index (χ1) is 9.51. The maximum Gasteiger partial charge on any atom is 0.325 e.